The molecule has 0 heterocycles. The van der Waals surface area contributed by atoms with E-state index in [9.17, 15) is 13.2 Å². The normalized spacial score (nSPS) is 20.6. The van der Waals surface area contributed by atoms with Gasteiger partial charge in [0.15, 0.2) is 0 Å². The third-order valence-electron chi connectivity index (χ3n) is 3.68. The summed E-state index contributed by atoms with van der Waals surface area (Å²) in [6.45, 7) is 5.77. The van der Waals surface area contributed by atoms with E-state index in [-0.39, 0.29) is 27.8 Å². The maximum Gasteiger partial charge on any atom is 0.251 e. The quantitative estimate of drug-likeness (QED) is 0.862. The average molecular weight is 361 g/mol. The number of sulfonamides is 1. The number of amides is 1. The Morgan fingerprint density at radius 3 is 2.45 bits per heavy atom. The van der Waals surface area contributed by atoms with Crippen molar-refractivity contribution in [1.82, 2.24) is 5.32 Å². The molecule has 2 rings (SSSR count). The Morgan fingerprint density at radius 1 is 1.45 bits per heavy atom. The van der Waals surface area contributed by atoms with E-state index < -0.39 is 10.0 Å². The van der Waals surface area contributed by atoms with E-state index in [1.807, 2.05) is 0 Å². The van der Waals surface area contributed by atoms with Crippen molar-refractivity contribution in [1.29, 1.82) is 0 Å². The Bertz CT molecular complexity index is 683. The molecule has 0 aromatic heterocycles. The number of carbonyl (C=O) groups is 1. The zero-order valence-corrected chi connectivity index (χ0v) is 13.9. The predicted octanol–water partition coefficient (Wildman–Crippen LogP) is 1.93. The molecule has 0 saturated heterocycles. The molecule has 1 aromatic rings. The summed E-state index contributed by atoms with van der Waals surface area (Å²) in [7, 11) is -3.86. The minimum Gasteiger partial charge on any atom is -0.349 e. The molecular formula is C13H17BrN2O3S. The first-order valence-electron chi connectivity index (χ1n) is 6.16. The van der Waals surface area contributed by atoms with Crippen molar-refractivity contribution in [2.75, 3.05) is 0 Å². The summed E-state index contributed by atoms with van der Waals surface area (Å²) in [4.78, 5) is 12.1. The van der Waals surface area contributed by atoms with Crippen LogP contribution in [0, 0.1) is 12.3 Å². The Balaban J connectivity index is 2.34. The molecule has 1 aliphatic rings. The van der Waals surface area contributed by atoms with Crippen molar-refractivity contribution >= 4 is 31.9 Å². The monoisotopic (exact) mass is 360 g/mol. The van der Waals surface area contributed by atoms with Crippen molar-refractivity contribution < 1.29 is 13.2 Å². The van der Waals surface area contributed by atoms with Crippen LogP contribution in [0.4, 0.5) is 0 Å². The van der Waals surface area contributed by atoms with E-state index >= 15 is 0 Å². The largest absolute Gasteiger partial charge is 0.349 e. The van der Waals surface area contributed by atoms with Gasteiger partial charge in [-0.3, -0.25) is 4.79 Å². The summed E-state index contributed by atoms with van der Waals surface area (Å²) in [5.41, 5.74) is 0.894. The number of nitrogens with two attached hydrogens (primary N) is 1. The summed E-state index contributed by atoms with van der Waals surface area (Å²) in [6.07, 6.45) is 0.924. The van der Waals surface area contributed by atoms with Crippen molar-refractivity contribution in [2.45, 2.75) is 38.1 Å². The van der Waals surface area contributed by atoms with Crippen LogP contribution in [0.1, 0.15) is 36.2 Å². The molecule has 1 amide bonds. The van der Waals surface area contributed by atoms with Gasteiger partial charge in [0.2, 0.25) is 10.0 Å². The molecule has 1 atom stereocenters. The fraction of sp³-hybridized carbons (Fsp3) is 0.462. The molecule has 110 valence electrons. The summed E-state index contributed by atoms with van der Waals surface area (Å²) in [5, 5.41) is 8.06. The second kappa shape index (κ2) is 4.82. The minimum atomic E-state index is -3.86. The van der Waals surface area contributed by atoms with Gasteiger partial charge in [0.25, 0.3) is 5.91 Å². The van der Waals surface area contributed by atoms with Gasteiger partial charge in [0.05, 0.1) is 4.90 Å². The van der Waals surface area contributed by atoms with Gasteiger partial charge in [-0.15, -0.1) is 0 Å². The van der Waals surface area contributed by atoms with Crippen LogP contribution >= 0.6 is 15.9 Å². The summed E-state index contributed by atoms with van der Waals surface area (Å²) >= 11 is 3.26. The Hall–Kier alpha value is -0.920. The van der Waals surface area contributed by atoms with Crippen LogP contribution in [-0.2, 0) is 10.0 Å². The fourth-order valence-electron chi connectivity index (χ4n) is 2.04. The maximum absolute atomic E-state index is 12.2. The molecule has 1 unspecified atom stereocenters. The van der Waals surface area contributed by atoms with Gasteiger partial charge in [-0.2, -0.15) is 0 Å². The first kappa shape index (κ1) is 15.5. The van der Waals surface area contributed by atoms with E-state index in [4.69, 9.17) is 5.14 Å². The second-order valence-electron chi connectivity index (χ2n) is 5.84. The zero-order chi connectivity index (χ0) is 15.3. The lowest BCUT2D eigenvalue weighted by Gasteiger charge is -2.11. The topological polar surface area (TPSA) is 89.3 Å². The van der Waals surface area contributed by atoms with Gasteiger partial charge in [-0.05, 0) is 36.5 Å². The molecular weight excluding hydrogens is 344 g/mol. The smallest absolute Gasteiger partial charge is 0.251 e. The molecule has 0 radical (unpaired) electrons. The van der Waals surface area contributed by atoms with E-state index in [1.165, 1.54) is 6.07 Å². The lowest BCUT2D eigenvalue weighted by atomic mass is 10.1. The molecule has 0 spiro atoms. The summed E-state index contributed by atoms with van der Waals surface area (Å²) < 4.78 is 23.6. The molecule has 0 bridgehead atoms. The fourth-order valence-corrected chi connectivity index (χ4v) is 3.45. The predicted molar refractivity (Wildman–Crippen MR) is 79.9 cm³/mol. The molecule has 1 aliphatic carbocycles. The second-order valence-corrected chi connectivity index (χ2v) is 8.23. The molecule has 0 aliphatic heterocycles. The summed E-state index contributed by atoms with van der Waals surface area (Å²) in [6, 6.07) is 3.06. The van der Waals surface area contributed by atoms with Gasteiger partial charge in [-0.1, -0.05) is 29.8 Å². The van der Waals surface area contributed by atoms with Gasteiger partial charge in [0, 0.05) is 16.1 Å². The minimum absolute atomic E-state index is 0.0351. The van der Waals surface area contributed by atoms with Crippen molar-refractivity contribution in [3.8, 4) is 0 Å². The van der Waals surface area contributed by atoms with Crippen LogP contribution in [-0.4, -0.2) is 20.4 Å². The summed E-state index contributed by atoms with van der Waals surface area (Å²) in [5.74, 6) is -0.286. The van der Waals surface area contributed by atoms with E-state index in [0.29, 0.717) is 10.0 Å². The SMILES string of the molecule is Cc1c(Br)cc(C(=O)NC2CC2(C)C)cc1S(N)(=O)=O. The van der Waals surface area contributed by atoms with Gasteiger partial charge < -0.3 is 5.32 Å². The van der Waals surface area contributed by atoms with E-state index in [0.717, 1.165) is 6.42 Å². The lowest BCUT2D eigenvalue weighted by molar-refractivity contribution is 0.0946. The van der Waals surface area contributed by atoms with Crippen molar-refractivity contribution in [3.05, 3.63) is 27.7 Å². The standard InChI is InChI=1S/C13H17BrN2O3S/c1-7-9(14)4-8(5-10(7)20(15,18)19)12(17)16-11-6-13(11,2)3/h4-5,11H,6H2,1-3H3,(H,16,17)(H2,15,18,19). The van der Waals surface area contributed by atoms with Gasteiger partial charge in [-0.25, -0.2) is 13.6 Å². The lowest BCUT2D eigenvalue weighted by Crippen LogP contribution is -2.28. The Morgan fingerprint density at radius 2 is 2.00 bits per heavy atom. The van der Waals surface area contributed by atoms with E-state index in [2.05, 4.69) is 35.1 Å². The van der Waals surface area contributed by atoms with Crippen LogP contribution in [0.15, 0.2) is 21.5 Å². The first-order chi connectivity index (χ1) is 9.02. The molecule has 7 heteroatoms. The number of halogens is 1. The van der Waals surface area contributed by atoms with Crippen molar-refractivity contribution in [2.24, 2.45) is 10.6 Å². The Kier molecular flexibility index (Phi) is 3.73. The number of primary sulfonamides is 1. The third kappa shape index (κ3) is 3.05. The highest BCUT2D eigenvalue weighted by molar-refractivity contribution is 9.10. The highest BCUT2D eigenvalue weighted by Gasteiger charge is 2.46. The Labute approximate surface area is 127 Å². The number of hydrogen-bond acceptors (Lipinski definition) is 3. The van der Waals surface area contributed by atoms with Crippen LogP contribution in [0.25, 0.3) is 0 Å². The molecule has 1 saturated carbocycles. The van der Waals surface area contributed by atoms with E-state index in [1.54, 1.807) is 13.0 Å². The number of rotatable bonds is 3. The van der Waals surface area contributed by atoms with Crippen LogP contribution < -0.4 is 10.5 Å². The molecule has 20 heavy (non-hydrogen) atoms. The molecule has 1 fully saturated rings. The van der Waals surface area contributed by atoms with Gasteiger partial charge in [0.1, 0.15) is 0 Å². The molecule has 1 aromatic carbocycles. The number of nitrogens with one attached hydrogen (secondary N) is 1. The highest BCUT2D eigenvalue weighted by atomic mass is 79.9. The van der Waals surface area contributed by atoms with Gasteiger partial charge >= 0.3 is 0 Å². The molecule has 5 nitrogen and oxygen atoms in total. The number of hydrogen-bond donors (Lipinski definition) is 2. The maximum atomic E-state index is 12.2. The van der Waals surface area contributed by atoms with Crippen LogP contribution in [0.3, 0.4) is 0 Å². The highest BCUT2D eigenvalue weighted by Crippen LogP contribution is 2.44. The zero-order valence-electron chi connectivity index (χ0n) is 11.5. The average Bonchev–Trinajstić information content (AvgIpc) is 2.87. The van der Waals surface area contributed by atoms with Crippen molar-refractivity contribution in [3.63, 3.8) is 0 Å². The number of benzene rings is 1. The first-order valence-corrected chi connectivity index (χ1v) is 8.50. The third-order valence-corrected chi connectivity index (χ3v) is 5.54. The molecule has 3 N–H and O–H groups in total. The number of carbonyl (C=O) groups excluding carboxylic acids is 1. The van der Waals surface area contributed by atoms with Crippen LogP contribution in [0.5, 0.6) is 0 Å². The van der Waals surface area contributed by atoms with Crippen LogP contribution in [0.2, 0.25) is 0 Å².